The second kappa shape index (κ2) is 6.27. The summed E-state index contributed by atoms with van der Waals surface area (Å²) in [6.45, 7) is 7.21. The molecular weight excluding hydrogens is 376 g/mol. The SMILES string of the molecule is COCOc1c(Br)cc(C(C)(C)C)cc1C12CC3CC(CC(C3)C1)C2. The third kappa shape index (κ3) is 3.16. The van der Waals surface area contributed by atoms with Crippen molar-refractivity contribution in [1.29, 1.82) is 0 Å². The third-order valence-corrected chi connectivity index (χ3v) is 7.43. The molecular formula is C22H31BrO2. The largest absolute Gasteiger partial charge is 0.466 e. The molecule has 0 unspecified atom stereocenters. The summed E-state index contributed by atoms with van der Waals surface area (Å²) in [7, 11) is 1.70. The minimum atomic E-state index is 0.138. The molecule has 0 spiro atoms. The van der Waals surface area contributed by atoms with Crippen LogP contribution in [-0.4, -0.2) is 13.9 Å². The van der Waals surface area contributed by atoms with Crippen LogP contribution >= 0.6 is 15.9 Å². The lowest BCUT2D eigenvalue weighted by molar-refractivity contribution is -0.00900. The first-order valence-electron chi connectivity index (χ1n) is 9.77. The monoisotopic (exact) mass is 406 g/mol. The second-order valence-electron chi connectivity index (χ2n) is 9.83. The van der Waals surface area contributed by atoms with E-state index >= 15 is 0 Å². The maximum Gasteiger partial charge on any atom is 0.188 e. The Bertz CT molecular complexity index is 623. The fourth-order valence-electron chi connectivity index (χ4n) is 6.13. The maximum atomic E-state index is 6.11. The highest BCUT2D eigenvalue weighted by molar-refractivity contribution is 9.10. The summed E-state index contributed by atoms with van der Waals surface area (Å²) in [5, 5.41) is 0. The van der Waals surface area contributed by atoms with Gasteiger partial charge in [-0.1, -0.05) is 26.8 Å². The third-order valence-electron chi connectivity index (χ3n) is 6.84. The molecule has 4 fully saturated rings. The van der Waals surface area contributed by atoms with Crippen LogP contribution in [0.25, 0.3) is 0 Å². The Hall–Kier alpha value is -0.540. The maximum absolute atomic E-state index is 6.11. The molecule has 0 radical (unpaired) electrons. The van der Waals surface area contributed by atoms with Crippen LogP contribution in [0.2, 0.25) is 0 Å². The van der Waals surface area contributed by atoms with Crippen molar-refractivity contribution in [1.82, 2.24) is 0 Å². The van der Waals surface area contributed by atoms with Crippen LogP contribution in [0.3, 0.4) is 0 Å². The van der Waals surface area contributed by atoms with E-state index in [0.29, 0.717) is 12.2 Å². The Kier molecular flexibility index (Phi) is 4.47. The van der Waals surface area contributed by atoms with Crippen LogP contribution < -0.4 is 4.74 Å². The van der Waals surface area contributed by atoms with Gasteiger partial charge in [0.25, 0.3) is 0 Å². The molecule has 5 rings (SSSR count). The van der Waals surface area contributed by atoms with Crippen LogP contribution in [0.4, 0.5) is 0 Å². The van der Waals surface area contributed by atoms with E-state index in [9.17, 15) is 0 Å². The Morgan fingerprint density at radius 2 is 1.60 bits per heavy atom. The molecule has 0 atom stereocenters. The van der Waals surface area contributed by atoms with E-state index in [2.05, 4.69) is 48.8 Å². The molecule has 4 aliphatic rings. The standard InChI is InChI=1S/C22H31BrO2/c1-21(2,3)17-8-18(20(19(23)9-17)25-13-24-4)22-10-14-5-15(11-22)7-16(6-14)12-22/h8-9,14-16H,5-7,10-13H2,1-4H3. The summed E-state index contributed by atoms with van der Waals surface area (Å²) in [4.78, 5) is 0. The van der Waals surface area contributed by atoms with Gasteiger partial charge in [0, 0.05) is 12.7 Å². The van der Waals surface area contributed by atoms with Gasteiger partial charge in [-0.3, -0.25) is 0 Å². The molecule has 4 aliphatic carbocycles. The Morgan fingerprint density at radius 1 is 1.04 bits per heavy atom. The van der Waals surface area contributed by atoms with Crippen LogP contribution in [0.5, 0.6) is 5.75 Å². The minimum absolute atomic E-state index is 0.138. The normalized spacial score (nSPS) is 33.7. The van der Waals surface area contributed by atoms with Gasteiger partial charge in [0.1, 0.15) is 5.75 Å². The molecule has 25 heavy (non-hydrogen) atoms. The zero-order chi connectivity index (χ0) is 17.8. The zero-order valence-corrected chi connectivity index (χ0v) is 17.6. The number of ether oxygens (including phenoxy) is 2. The van der Waals surface area contributed by atoms with Gasteiger partial charge < -0.3 is 9.47 Å². The quantitative estimate of drug-likeness (QED) is 0.554. The number of methoxy groups -OCH3 is 1. The summed E-state index contributed by atoms with van der Waals surface area (Å²) in [5.41, 5.74) is 3.30. The molecule has 138 valence electrons. The Morgan fingerprint density at radius 3 is 2.08 bits per heavy atom. The lowest BCUT2D eigenvalue weighted by Crippen LogP contribution is -2.48. The second-order valence-corrected chi connectivity index (χ2v) is 10.7. The van der Waals surface area contributed by atoms with Crippen molar-refractivity contribution in [2.75, 3.05) is 13.9 Å². The van der Waals surface area contributed by atoms with E-state index in [1.165, 1.54) is 49.7 Å². The molecule has 0 saturated heterocycles. The van der Waals surface area contributed by atoms with E-state index in [1.807, 2.05) is 0 Å². The van der Waals surface area contributed by atoms with Crippen LogP contribution in [0.1, 0.15) is 70.4 Å². The number of rotatable bonds is 4. The highest BCUT2D eigenvalue weighted by Gasteiger charge is 2.52. The van der Waals surface area contributed by atoms with E-state index in [1.54, 1.807) is 7.11 Å². The highest BCUT2D eigenvalue weighted by Crippen LogP contribution is 2.62. The van der Waals surface area contributed by atoms with Gasteiger partial charge in [0.15, 0.2) is 6.79 Å². The fraction of sp³-hybridized carbons (Fsp3) is 0.727. The van der Waals surface area contributed by atoms with Gasteiger partial charge in [-0.25, -0.2) is 0 Å². The van der Waals surface area contributed by atoms with Crippen LogP contribution in [0, 0.1) is 17.8 Å². The zero-order valence-electron chi connectivity index (χ0n) is 16.0. The van der Waals surface area contributed by atoms with Crippen molar-refractivity contribution in [3.05, 3.63) is 27.7 Å². The van der Waals surface area contributed by atoms with Crippen molar-refractivity contribution >= 4 is 15.9 Å². The van der Waals surface area contributed by atoms with Gasteiger partial charge in [0.05, 0.1) is 4.47 Å². The van der Waals surface area contributed by atoms with Gasteiger partial charge in [-0.05, 0) is 94.7 Å². The Labute approximate surface area is 160 Å². The topological polar surface area (TPSA) is 18.5 Å². The molecule has 1 aromatic rings. The van der Waals surface area contributed by atoms with Crippen LogP contribution in [0.15, 0.2) is 16.6 Å². The van der Waals surface area contributed by atoms with E-state index < -0.39 is 0 Å². The van der Waals surface area contributed by atoms with Gasteiger partial charge in [0.2, 0.25) is 0 Å². The van der Waals surface area contributed by atoms with Gasteiger partial charge in [-0.15, -0.1) is 0 Å². The molecule has 0 heterocycles. The minimum Gasteiger partial charge on any atom is -0.466 e. The van der Waals surface area contributed by atoms with Gasteiger partial charge >= 0.3 is 0 Å². The molecule has 4 saturated carbocycles. The van der Waals surface area contributed by atoms with Crippen molar-refractivity contribution < 1.29 is 9.47 Å². The lowest BCUT2D eigenvalue weighted by atomic mass is 9.48. The number of hydrogen-bond donors (Lipinski definition) is 0. The van der Waals surface area contributed by atoms with E-state index in [-0.39, 0.29) is 5.41 Å². The fourth-order valence-corrected chi connectivity index (χ4v) is 6.70. The summed E-state index contributed by atoms with van der Waals surface area (Å²) in [6.07, 6.45) is 8.45. The van der Waals surface area contributed by atoms with Crippen LogP contribution in [-0.2, 0) is 15.6 Å². The first-order chi connectivity index (χ1) is 11.8. The van der Waals surface area contributed by atoms with E-state index in [0.717, 1.165) is 28.0 Å². The number of halogens is 1. The number of hydrogen-bond acceptors (Lipinski definition) is 2. The van der Waals surface area contributed by atoms with Gasteiger partial charge in [-0.2, -0.15) is 0 Å². The summed E-state index contributed by atoms with van der Waals surface area (Å²) < 4.78 is 12.4. The molecule has 3 heteroatoms. The summed E-state index contributed by atoms with van der Waals surface area (Å²) in [6, 6.07) is 4.71. The number of benzene rings is 1. The molecule has 4 bridgehead atoms. The molecule has 0 N–H and O–H groups in total. The van der Waals surface area contributed by atoms with E-state index in [4.69, 9.17) is 9.47 Å². The highest BCUT2D eigenvalue weighted by atomic mass is 79.9. The molecule has 0 aliphatic heterocycles. The molecule has 0 aromatic heterocycles. The summed E-state index contributed by atoms with van der Waals surface area (Å²) >= 11 is 3.82. The first-order valence-corrected chi connectivity index (χ1v) is 10.6. The molecule has 2 nitrogen and oxygen atoms in total. The first kappa shape index (κ1) is 17.9. The van der Waals surface area contributed by atoms with Crippen molar-refractivity contribution in [2.45, 2.75) is 70.1 Å². The van der Waals surface area contributed by atoms with Crippen molar-refractivity contribution in [3.63, 3.8) is 0 Å². The summed E-state index contributed by atoms with van der Waals surface area (Å²) in [5.74, 6) is 3.81. The predicted molar refractivity (Wildman–Crippen MR) is 105 cm³/mol. The average Bonchev–Trinajstić information content (AvgIpc) is 2.51. The average molecular weight is 407 g/mol. The molecule has 0 amide bonds. The lowest BCUT2D eigenvalue weighted by Gasteiger charge is -2.57. The predicted octanol–water partition coefficient (Wildman–Crippen LogP) is 6.20. The van der Waals surface area contributed by atoms with Crippen molar-refractivity contribution in [2.24, 2.45) is 17.8 Å². The smallest absolute Gasteiger partial charge is 0.188 e. The molecule has 1 aromatic carbocycles. The van der Waals surface area contributed by atoms with Crippen molar-refractivity contribution in [3.8, 4) is 5.75 Å². The Balaban J connectivity index is 1.82.